The SMILES string of the molecule is Cl/C=C/CNCc1cccnc1. The molecule has 0 amide bonds. The third kappa shape index (κ3) is 3.51. The lowest BCUT2D eigenvalue weighted by Crippen LogP contribution is -2.12. The number of nitrogens with zero attached hydrogens (tertiary/aromatic N) is 1. The van der Waals surface area contributed by atoms with Crippen LogP contribution in [0.15, 0.2) is 36.1 Å². The van der Waals surface area contributed by atoms with Crippen molar-refractivity contribution in [3.8, 4) is 0 Å². The van der Waals surface area contributed by atoms with E-state index in [4.69, 9.17) is 11.6 Å². The van der Waals surface area contributed by atoms with Gasteiger partial charge in [-0.3, -0.25) is 4.98 Å². The zero-order valence-corrected chi connectivity index (χ0v) is 7.46. The highest BCUT2D eigenvalue weighted by Gasteiger charge is 1.87. The Balaban J connectivity index is 2.24. The summed E-state index contributed by atoms with van der Waals surface area (Å²) in [6.07, 6.45) is 5.47. The van der Waals surface area contributed by atoms with Gasteiger partial charge in [0, 0.05) is 31.0 Å². The van der Waals surface area contributed by atoms with E-state index in [1.54, 1.807) is 6.20 Å². The zero-order valence-electron chi connectivity index (χ0n) is 6.70. The summed E-state index contributed by atoms with van der Waals surface area (Å²) in [7, 11) is 0. The monoisotopic (exact) mass is 182 g/mol. The summed E-state index contributed by atoms with van der Waals surface area (Å²) >= 11 is 5.35. The molecule has 0 spiro atoms. The number of pyridine rings is 1. The van der Waals surface area contributed by atoms with Crippen molar-refractivity contribution >= 4 is 11.6 Å². The standard InChI is InChI=1S/C9H11ClN2/c10-4-2-6-12-8-9-3-1-5-11-7-9/h1-5,7,12H,6,8H2/b4-2+. The lowest BCUT2D eigenvalue weighted by molar-refractivity contribution is 0.757. The first kappa shape index (κ1) is 9.23. The van der Waals surface area contributed by atoms with Crippen LogP contribution in [-0.2, 0) is 6.54 Å². The Kier molecular flexibility index (Phi) is 4.42. The molecule has 3 heteroatoms. The molecule has 1 N–H and O–H groups in total. The smallest absolute Gasteiger partial charge is 0.0312 e. The largest absolute Gasteiger partial charge is 0.309 e. The van der Waals surface area contributed by atoms with E-state index >= 15 is 0 Å². The number of aromatic nitrogens is 1. The second-order valence-corrected chi connectivity index (χ2v) is 2.61. The summed E-state index contributed by atoms with van der Waals surface area (Å²) < 4.78 is 0. The first-order chi connectivity index (χ1) is 5.93. The van der Waals surface area contributed by atoms with Crippen molar-refractivity contribution in [2.75, 3.05) is 6.54 Å². The zero-order chi connectivity index (χ0) is 8.65. The predicted octanol–water partition coefficient (Wildman–Crippen LogP) is 1.92. The molecule has 0 saturated heterocycles. The van der Waals surface area contributed by atoms with Crippen LogP contribution in [0.3, 0.4) is 0 Å². The quantitative estimate of drug-likeness (QED) is 0.720. The molecule has 0 saturated carbocycles. The lowest BCUT2D eigenvalue weighted by atomic mass is 10.3. The van der Waals surface area contributed by atoms with E-state index in [2.05, 4.69) is 10.3 Å². The summed E-state index contributed by atoms with van der Waals surface area (Å²) in [5.74, 6) is 0. The average Bonchev–Trinajstić information content (AvgIpc) is 2.14. The first-order valence-corrected chi connectivity index (χ1v) is 4.22. The molecule has 0 fully saturated rings. The van der Waals surface area contributed by atoms with Crippen LogP contribution < -0.4 is 5.32 Å². The highest BCUT2D eigenvalue weighted by molar-refractivity contribution is 6.25. The summed E-state index contributed by atoms with van der Waals surface area (Å²) in [5, 5.41) is 3.19. The molecule has 0 aliphatic heterocycles. The van der Waals surface area contributed by atoms with Gasteiger partial charge in [-0.2, -0.15) is 0 Å². The Hall–Kier alpha value is -0.860. The van der Waals surface area contributed by atoms with Crippen LogP contribution in [0.5, 0.6) is 0 Å². The Morgan fingerprint density at radius 3 is 3.17 bits per heavy atom. The van der Waals surface area contributed by atoms with Crippen molar-refractivity contribution in [1.29, 1.82) is 0 Å². The highest BCUT2D eigenvalue weighted by Crippen LogP contribution is 1.93. The molecule has 1 heterocycles. The van der Waals surface area contributed by atoms with Crippen molar-refractivity contribution in [2.45, 2.75) is 6.54 Å². The molecule has 12 heavy (non-hydrogen) atoms. The number of hydrogen-bond donors (Lipinski definition) is 1. The van der Waals surface area contributed by atoms with Gasteiger partial charge >= 0.3 is 0 Å². The molecule has 0 bridgehead atoms. The normalized spacial score (nSPS) is 10.8. The van der Waals surface area contributed by atoms with Gasteiger partial charge in [-0.15, -0.1) is 0 Å². The topological polar surface area (TPSA) is 24.9 Å². The molecule has 1 aromatic rings. The van der Waals surface area contributed by atoms with Crippen LogP contribution in [0, 0.1) is 0 Å². The Bertz CT molecular complexity index is 234. The van der Waals surface area contributed by atoms with Gasteiger partial charge in [-0.05, 0) is 11.6 Å². The molecule has 2 nitrogen and oxygen atoms in total. The van der Waals surface area contributed by atoms with E-state index in [9.17, 15) is 0 Å². The second-order valence-electron chi connectivity index (χ2n) is 2.35. The number of nitrogens with one attached hydrogen (secondary N) is 1. The summed E-state index contributed by atoms with van der Waals surface area (Å²) in [6, 6.07) is 3.96. The molecule has 0 atom stereocenters. The van der Waals surface area contributed by atoms with Crippen molar-refractivity contribution in [2.24, 2.45) is 0 Å². The van der Waals surface area contributed by atoms with Crippen LogP contribution in [-0.4, -0.2) is 11.5 Å². The molecule has 1 aromatic heterocycles. The Labute approximate surface area is 77.3 Å². The minimum Gasteiger partial charge on any atom is -0.309 e. The Morgan fingerprint density at radius 1 is 1.58 bits per heavy atom. The number of rotatable bonds is 4. The van der Waals surface area contributed by atoms with Gasteiger partial charge in [-0.1, -0.05) is 23.7 Å². The van der Waals surface area contributed by atoms with E-state index in [0.29, 0.717) is 0 Å². The van der Waals surface area contributed by atoms with E-state index in [-0.39, 0.29) is 0 Å². The molecular weight excluding hydrogens is 172 g/mol. The average molecular weight is 183 g/mol. The van der Waals surface area contributed by atoms with E-state index in [1.165, 1.54) is 11.1 Å². The summed E-state index contributed by atoms with van der Waals surface area (Å²) in [6.45, 7) is 1.62. The molecule has 0 radical (unpaired) electrons. The minimum absolute atomic E-state index is 0.790. The Morgan fingerprint density at radius 2 is 2.50 bits per heavy atom. The number of halogens is 1. The number of hydrogen-bond acceptors (Lipinski definition) is 2. The molecule has 1 rings (SSSR count). The maximum absolute atomic E-state index is 5.35. The van der Waals surface area contributed by atoms with Gasteiger partial charge in [0.25, 0.3) is 0 Å². The van der Waals surface area contributed by atoms with E-state index in [1.807, 2.05) is 24.4 Å². The van der Waals surface area contributed by atoms with Gasteiger partial charge in [0.1, 0.15) is 0 Å². The third-order valence-corrected chi connectivity index (χ3v) is 1.58. The molecule has 0 unspecified atom stereocenters. The van der Waals surface area contributed by atoms with Gasteiger partial charge < -0.3 is 5.32 Å². The molecular formula is C9H11ClN2. The van der Waals surface area contributed by atoms with Crippen LogP contribution in [0.1, 0.15) is 5.56 Å². The molecule has 0 aliphatic carbocycles. The van der Waals surface area contributed by atoms with Gasteiger partial charge in [0.15, 0.2) is 0 Å². The maximum Gasteiger partial charge on any atom is 0.0312 e. The fraction of sp³-hybridized carbons (Fsp3) is 0.222. The lowest BCUT2D eigenvalue weighted by Gasteiger charge is -1.99. The molecule has 0 aromatic carbocycles. The van der Waals surface area contributed by atoms with Crippen LogP contribution in [0.2, 0.25) is 0 Å². The van der Waals surface area contributed by atoms with Crippen molar-refractivity contribution < 1.29 is 0 Å². The van der Waals surface area contributed by atoms with E-state index in [0.717, 1.165) is 13.1 Å². The van der Waals surface area contributed by atoms with Gasteiger partial charge in [-0.25, -0.2) is 0 Å². The van der Waals surface area contributed by atoms with Crippen molar-refractivity contribution in [1.82, 2.24) is 10.3 Å². The first-order valence-electron chi connectivity index (χ1n) is 3.78. The fourth-order valence-electron chi connectivity index (χ4n) is 0.847. The second kappa shape index (κ2) is 5.75. The van der Waals surface area contributed by atoms with Gasteiger partial charge in [0.2, 0.25) is 0 Å². The molecule has 64 valence electrons. The van der Waals surface area contributed by atoms with Crippen molar-refractivity contribution in [3.63, 3.8) is 0 Å². The minimum atomic E-state index is 0.790. The molecule has 0 aliphatic rings. The fourth-order valence-corrected chi connectivity index (χ4v) is 0.936. The van der Waals surface area contributed by atoms with E-state index < -0.39 is 0 Å². The summed E-state index contributed by atoms with van der Waals surface area (Å²) in [5.41, 5.74) is 2.69. The van der Waals surface area contributed by atoms with Crippen LogP contribution in [0.25, 0.3) is 0 Å². The predicted molar refractivity (Wildman–Crippen MR) is 50.9 cm³/mol. The highest BCUT2D eigenvalue weighted by atomic mass is 35.5. The van der Waals surface area contributed by atoms with Crippen molar-refractivity contribution in [3.05, 3.63) is 41.7 Å². The van der Waals surface area contributed by atoms with Crippen LogP contribution in [0.4, 0.5) is 0 Å². The van der Waals surface area contributed by atoms with Crippen LogP contribution >= 0.6 is 11.6 Å². The maximum atomic E-state index is 5.35. The third-order valence-electron chi connectivity index (χ3n) is 1.40. The summed E-state index contributed by atoms with van der Waals surface area (Å²) in [4.78, 5) is 4.00. The van der Waals surface area contributed by atoms with Gasteiger partial charge in [0.05, 0.1) is 0 Å².